The van der Waals surface area contributed by atoms with E-state index in [1.807, 2.05) is 0 Å². The third kappa shape index (κ3) is 3.09. The van der Waals surface area contributed by atoms with Crippen LogP contribution in [0.5, 0.6) is 0 Å². The van der Waals surface area contributed by atoms with Gasteiger partial charge in [0, 0.05) is 12.8 Å². The molecule has 0 atom stereocenters. The molecule has 16 heavy (non-hydrogen) atoms. The molecule has 0 aliphatic rings. The first-order valence-corrected chi connectivity index (χ1v) is 6.34. The number of rotatable bonds is 8. The molecule has 0 rings (SSSR count). The van der Waals surface area contributed by atoms with Gasteiger partial charge in [0.15, 0.2) is 5.78 Å². The topological polar surface area (TPSA) is 20.3 Å². The van der Waals surface area contributed by atoms with Crippen LogP contribution in [0, 0.1) is 12.3 Å². The smallest absolute Gasteiger partial charge is 0.154 e. The van der Waals surface area contributed by atoms with Gasteiger partial charge in [0.2, 0.25) is 0 Å². The largest absolute Gasteiger partial charge is 0.298 e. The van der Waals surface area contributed by atoms with Gasteiger partial charge in [0.05, 0.1) is 5.54 Å². The molecule has 0 saturated heterocycles. The summed E-state index contributed by atoms with van der Waals surface area (Å²) in [5, 5.41) is 0. The summed E-state index contributed by atoms with van der Waals surface area (Å²) in [5.74, 6) is 2.86. The van der Waals surface area contributed by atoms with Crippen molar-refractivity contribution in [2.24, 2.45) is 0 Å². The third-order valence-electron chi connectivity index (χ3n) is 3.55. The predicted molar refractivity (Wildman–Crippen MR) is 69.3 cm³/mol. The molecule has 0 heterocycles. The lowest BCUT2D eigenvalue weighted by atomic mass is 9.83. The van der Waals surface area contributed by atoms with Gasteiger partial charge in [-0.15, -0.1) is 12.3 Å². The summed E-state index contributed by atoms with van der Waals surface area (Å²) < 4.78 is 0. The molecule has 0 N–H and O–H groups in total. The molecule has 0 saturated carbocycles. The SMILES string of the molecule is C#CCCC(=O)C(CC)(CC)N(CC)CC. The van der Waals surface area contributed by atoms with Crippen molar-refractivity contribution in [1.29, 1.82) is 0 Å². The lowest BCUT2D eigenvalue weighted by Crippen LogP contribution is -2.53. The van der Waals surface area contributed by atoms with Crippen molar-refractivity contribution in [3.8, 4) is 12.3 Å². The number of nitrogens with zero attached hydrogens (tertiary/aromatic N) is 1. The molecule has 0 unspecified atom stereocenters. The predicted octanol–water partition coefficient (Wildman–Crippen LogP) is 2.87. The fourth-order valence-electron chi connectivity index (χ4n) is 2.52. The van der Waals surface area contributed by atoms with Crippen molar-refractivity contribution in [2.45, 2.75) is 58.9 Å². The zero-order valence-electron chi connectivity index (χ0n) is 11.2. The van der Waals surface area contributed by atoms with Gasteiger partial charge >= 0.3 is 0 Å². The van der Waals surface area contributed by atoms with E-state index >= 15 is 0 Å². The monoisotopic (exact) mass is 223 g/mol. The van der Waals surface area contributed by atoms with Crippen molar-refractivity contribution in [1.82, 2.24) is 4.90 Å². The zero-order chi connectivity index (χ0) is 12.6. The van der Waals surface area contributed by atoms with Crippen molar-refractivity contribution in [3.63, 3.8) is 0 Å². The second-order valence-electron chi connectivity index (χ2n) is 4.04. The summed E-state index contributed by atoms with van der Waals surface area (Å²) in [6.07, 6.45) is 8.03. The van der Waals surface area contributed by atoms with Gasteiger partial charge in [-0.3, -0.25) is 9.69 Å². The lowest BCUT2D eigenvalue weighted by Gasteiger charge is -2.41. The van der Waals surface area contributed by atoms with Crippen LogP contribution in [0.15, 0.2) is 0 Å². The van der Waals surface area contributed by atoms with Gasteiger partial charge in [-0.05, 0) is 25.9 Å². The first-order chi connectivity index (χ1) is 7.62. The fraction of sp³-hybridized carbons (Fsp3) is 0.786. The average Bonchev–Trinajstić information content (AvgIpc) is 2.33. The van der Waals surface area contributed by atoms with Gasteiger partial charge < -0.3 is 0 Å². The minimum Gasteiger partial charge on any atom is -0.298 e. The molecule has 0 radical (unpaired) electrons. The standard InChI is InChI=1S/C14H25NO/c1-6-11-12-13(16)14(7-2,8-3)15(9-4)10-5/h1H,7-12H2,2-5H3. The number of carbonyl (C=O) groups excluding carboxylic acids is 1. The molecule has 0 spiro atoms. The summed E-state index contributed by atoms with van der Waals surface area (Å²) in [4.78, 5) is 14.6. The van der Waals surface area contributed by atoms with E-state index in [1.54, 1.807) is 0 Å². The summed E-state index contributed by atoms with van der Waals surface area (Å²) in [7, 11) is 0. The van der Waals surface area contributed by atoms with Crippen LogP contribution in [-0.2, 0) is 4.79 Å². The van der Waals surface area contributed by atoms with Gasteiger partial charge in [-0.2, -0.15) is 0 Å². The second-order valence-corrected chi connectivity index (χ2v) is 4.04. The number of hydrogen-bond donors (Lipinski definition) is 0. The maximum absolute atomic E-state index is 12.3. The first kappa shape index (κ1) is 15.2. The first-order valence-electron chi connectivity index (χ1n) is 6.34. The molecule has 0 aromatic rings. The van der Waals surface area contributed by atoms with Gasteiger partial charge in [0.1, 0.15) is 0 Å². The van der Waals surface area contributed by atoms with Crippen LogP contribution in [0.1, 0.15) is 53.4 Å². The van der Waals surface area contributed by atoms with E-state index in [4.69, 9.17) is 6.42 Å². The third-order valence-corrected chi connectivity index (χ3v) is 3.55. The molecule has 2 heteroatoms. The Bertz CT molecular complexity index is 244. The molecule has 0 aliphatic heterocycles. The Labute approximate surface area is 100 Å². The average molecular weight is 223 g/mol. The molecular weight excluding hydrogens is 198 g/mol. The van der Waals surface area contributed by atoms with Gasteiger partial charge in [-0.1, -0.05) is 27.7 Å². The summed E-state index contributed by atoms with van der Waals surface area (Å²) in [5.41, 5.74) is -0.291. The maximum Gasteiger partial charge on any atom is 0.154 e. The lowest BCUT2D eigenvalue weighted by molar-refractivity contribution is -0.131. The molecule has 92 valence electrons. The van der Waals surface area contributed by atoms with E-state index in [2.05, 4.69) is 38.5 Å². The molecular formula is C14H25NO. The van der Waals surface area contributed by atoms with Crippen LogP contribution in [0.25, 0.3) is 0 Å². The Hall–Kier alpha value is -0.810. The number of terminal acetylenes is 1. The second kappa shape index (κ2) is 7.46. The van der Waals surface area contributed by atoms with E-state index in [9.17, 15) is 4.79 Å². The van der Waals surface area contributed by atoms with Crippen LogP contribution < -0.4 is 0 Å². The van der Waals surface area contributed by atoms with E-state index in [0.29, 0.717) is 18.6 Å². The van der Waals surface area contributed by atoms with Crippen molar-refractivity contribution >= 4 is 5.78 Å². The molecule has 0 bridgehead atoms. The van der Waals surface area contributed by atoms with E-state index in [-0.39, 0.29) is 5.54 Å². The van der Waals surface area contributed by atoms with Crippen LogP contribution in [-0.4, -0.2) is 29.3 Å². The fourth-order valence-corrected chi connectivity index (χ4v) is 2.52. The minimum absolute atomic E-state index is 0.291. The number of carbonyl (C=O) groups is 1. The maximum atomic E-state index is 12.3. The highest BCUT2D eigenvalue weighted by molar-refractivity contribution is 5.88. The molecule has 0 aromatic carbocycles. The Morgan fingerprint density at radius 2 is 1.69 bits per heavy atom. The van der Waals surface area contributed by atoms with Crippen molar-refractivity contribution in [2.75, 3.05) is 13.1 Å². The highest BCUT2D eigenvalue weighted by Crippen LogP contribution is 2.26. The van der Waals surface area contributed by atoms with E-state index < -0.39 is 0 Å². The number of Topliss-reactive ketones (excluding diaryl/α,β-unsaturated/α-hetero) is 1. The number of likely N-dealkylation sites (N-methyl/N-ethyl adjacent to an activating group) is 1. The van der Waals surface area contributed by atoms with E-state index in [1.165, 1.54) is 0 Å². The number of ketones is 1. The van der Waals surface area contributed by atoms with Crippen LogP contribution >= 0.6 is 0 Å². The summed E-state index contributed by atoms with van der Waals surface area (Å²) in [6, 6.07) is 0. The van der Waals surface area contributed by atoms with Gasteiger partial charge in [-0.25, -0.2) is 0 Å². The molecule has 0 aromatic heterocycles. The molecule has 0 fully saturated rings. The van der Waals surface area contributed by atoms with Crippen LogP contribution in [0.4, 0.5) is 0 Å². The van der Waals surface area contributed by atoms with Crippen LogP contribution in [0.3, 0.4) is 0 Å². The highest BCUT2D eigenvalue weighted by atomic mass is 16.1. The molecule has 0 aliphatic carbocycles. The quantitative estimate of drug-likeness (QED) is 0.590. The Morgan fingerprint density at radius 3 is 2.00 bits per heavy atom. The Balaban J connectivity index is 4.92. The minimum atomic E-state index is -0.291. The highest BCUT2D eigenvalue weighted by Gasteiger charge is 2.38. The van der Waals surface area contributed by atoms with Crippen molar-refractivity contribution in [3.05, 3.63) is 0 Å². The van der Waals surface area contributed by atoms with Crippen molar-refractivity contribution < 1.29 is 4.79 Å². The molecule has 2 nitrogen and oxygen atoms in total. The number of hydrogen-bond acceptors (Lipinski definition) is 2. The normalized spacial score (nSPS) is 11.5. The van der Waals surface area contributed by atoms with Crippen LogP contribution in [0.2, 0.25) is 0 Å². The summed E-state index contributed by atoms with van der Waals surface area (Å²) >= 11 is 0. The van der Waals surface area contributed by atoms with E-state index in [0.717, 1.165) is 25.9 Å². The van der Waals surface area contributed by atoms with Gasteiger partial charge in [0.25, 0.3) is 0 Å². The molecule has 0 amide bonds. The zero-order valence-corrected chi connectivity index (χ0v) is 11.2. The Morgan fingerprint density at radius 1 is 1.19 bits per heavy atom. The summed E-state index contributed by atoms with van der Waals surface area (Å²) in [6.45, 7) is 10.2. The Kier molecular flexibility index (Phi) is 7.08.